The van der Waals surface area contributed by atoms with Gasteiger partial charge < -0.3 is 10.1 Å². The molecule has 0 bridgehead atoms. The van der Waals surface area contributed by atoms with E-state index in [4.69, 9.17) is 4.74 Å². The van der Waals surface area contributed by atoms with E-state index in [1.54, 1.807) is 23.2 Å². The van der Waals surface area contributed by atoms with Gasteiger partial charge >= 0.3 is 6.18 Å². The van der Waals surface area contributed by atoms with Crippen LogP contribution in [-0.4, -0.2) is 46.8 Å². The standard InChI is InChI=1S/C26H24F3N5O3/c1-3-34-23-20(18-6-7-37-13-21(18)25(34)36)8-15(11-30-23)19-10-17(5-4-14(19)2)32-24(35)16-9-22(26(27,28)29)33-31-12-16/h4-5,8-12,18,21H,3,6-7,13H2,1-2H3,(H,32,35)/t18-,21+/m0/s1. The van der Waals surface area contributed by atoms with Crippen LogP contribution in [0.3, 0.4) is 0 Å². The number of aryl methyl sites for hydroxylation is 1. The van der Waals surface area contributed by atoms with E-state index < -0.39 is 17.8 Å². The predicted molar refractivity (Wildman–Crippen MR) is 129 cm³/mol. The fourth-order valence-corrected chi connectivity index (χ4v) is 4.93. The number of ether oxygens (including phenoxy) is 1. The second kappa shape index (κ2) is 9.55. The number of carbonyl (C=O) groups excluding carboxylic acids is 2. The molecule has 2 aliphatic rings. The van der Waals surface area contributed by atoms with Crippen molar-refractivity contribution in [2.75, 3.05) is 30.0 Å². The average molecular weight is 512 g/mol. The van der Waals surface area contributed by atoms with Crippen molar-refractivity contribution in [3.63, 3.8) is 0 Å². The molecule has 2 aliphatic heterocycles. The van der Waals surface area contributed by atoms with Crippen LogP contribution in [0.15, 0.2) is 42.7 Å². The molecule has 3 aromatic rings. The number of anilines is 2. The maximum Gasteiger partial charge on any atom is 0.435 e. The first kappa shape index (κ1) is 24.8. The fourth-order valence-electron chi connectivity index (χ4n) is 4.93. The van der Waals surface area contributed by atoms with E-state index in [2.05, 4.69) is 20.5 Å². The number of alkyl halides is 3. The van der Waals surface area contributed by atoms with Crippen LogP contribution >= 0.6 is 0 Å². The molecule has 1 fully saturated rings. The van der Waals surface area contributed by atoms with Crippen LogP contribution in [0.1, 0.15) is 46.4 Å². The second-order valence-electron chi connectivity index (χ2n) is 9.11. The Hall–Kier alpha value is -3.86. The van der Waals surface area contributed by atoms with Gasteiger partial charge in [-0.1, -0.05) is 6.07 Å². The Morgan fingerprint density at radius 1 is 1.19 bits per heavy atom. The fraction of sp³-hybridized carbons (Fsp3) is 0.346. The summed E-state index contributed by atoms with van der Waals surface area (Å²) in [6.07, 6.45) is -1.30. The van der Waals surface area contributed by atoms with Gasteiger partial charge in [0.1, 0.15) is 5.82 Å². The molecule has 1 saturated heterocycles. The van der Waals surface area contributed by atoms with Crippen molar-refractivity contribution < 1.29 is 27.5 Å². The normalized spacial score (nSPS) is 19.3. The summed E-state index contributed by atoms with van der Waals surface area (Å²) < 4.78 is 44.5. The molecule has 37 heavy (non-hydrogen) atoms. The number of amides is 2. The number of halogens is 3. The molecule has 0 unspecified atom stereocenters. The number of nitrogens with one attached hydrogen (secondary N) is 1. The van der Waals surface area contributed by atoms with E-state index in [-0.39, 0.29) is 23.3 Å². The van der Waals surface area contributed by atoms with Gasteiger partial charge in [-0.15, -0.1) is 5.10 Å². The number of fused-ring (bicyclic) bond motifs is 3. The van der Waals surface area contributed by atoms with Gasteiger partial charge in [-0.3, -0.25) is 14.5 Å². The molecule has 4 heterocycles. The van der Waals surface area contributed by atoms with Crippen LogP contribution in [0.4, 0.5) is 24.7 Å². The van der Waals surface area contributed by atoms with E-state index in [0.717, 1.165) is 34.9 Å². The van der Waals surface area contributed by atoms with Gasteiger partial charge in [0.15, 0.2) is 5.69 Å². The minimum Gasteiger partial charge on any atom is -0.381 e. The van der Waals surface area contributed by atoms with Crippen LogP contribution in [-0.2, 0) is 15.7 Å². The van der Waals surface area contributed by atoms with Gasteiger partial charge in [0.05, 0.1) is 24.3 Å². The number of pyridine rings is 1. The van der Waals surface area contributed by atoms with E-state index in [1.165, 1.54) is 0 Å². The van der Waals surface area contributed by atoms with Gasteiger partial charge in [0, 0.05) is 36.5 Å². The number of hydrogen-bond acceptors (Lipinski definition) is 6. The average Bonchev–Trinajstić information content (AvgIpc) is 2.89. The molecular formula is C26H24F3N5O3. The molecular weight excluding hydrogens is 487 g/mol. The van der Waals surface area contributed by atoms with Gasteiger partial charge in [-0.25, -0.2) is 4.98 Å². The first-order chi connectivity index (χ1) is 17.7. The van der Waals surface area contributed by atoms with E-state index in [0.29, 0.717) is 37.3 Å². The summed E-state index contributed by atoms with van der Waals surface area (Å²) in [5.41, 5.74) is 2.44. The van der Waals surface area contributed by atoms with Crippen molar-refractivity contribution in [3.05, 3.63) is 65.1 Å². The quantitative estimate of drug-likeness (QED) is 0.550. The SMILES string of the molecule is CCN1C(=O)[C@@H]2COCC[C@H]2c2cc(-c3cc(NC(=O)c4cnnc(C(F)(F)F)c4)ccc3C)cnc21. The third-order valence-electron chi connectivity index (χ3n) is 6.82. The first-order valence-electron chi connectivity index (χ1n) is 11.9. The molecule has 11 heteroatoms. The van der Waals surface area contributed by atoms with Crippen molar-refractivity contribution in [2.24, 2.45) is 5.92 Å². The number of nitrogens with zero attached hydrogens (tertiary/aromatic N) is 4. The number of carbonyl (C=O) groups is 2. The van der Waals surface area contributed by atoms with Crippen LogP contribution in [0.2, 0.25) is 0 Å². The van der Waals surface area contributed by atoms with Crippen LogP contribution in [0, 0.1) is 12.8 Å². The number of aromatic nitrogens is 3. The Kier molecular flexibility index (Phi) is 6.40. The van der Waals surface area contributed by atoms with Crippen LogP contribution < -0.4 is 10.2 Å². The van der Waals surface area contributed by atoms with Gasteiger partial charge in [-0.2, -0.15) is 18.3 Å². The van der Waals surface area contributed by atoms with Crippen molar-refractivity contribution in [1.82, 2.24) is 15.2 Å². The summed E-state index contributed by atoms with van der Waals surface area (Å²) in [6, 6.07) is 7.94. The summed E-state index contributed by atoms with van der Waals surface area (Å²) in [4.78, 5) is 32.0. The minimum absolute atomic E-state index is 0.0108. The van der Waals surface area contributed by atoms with Crippen molar-refractivity contribution in [1.29, 1.82) is 0 Å². The minimum atomic E-state index is -4.71. The Bertz CT molecular complexity index is 1380. The molecule has 1 N–H and O–H groups in total. The van der Waals surface area contributed by atoms with Crippen molar-refractivity contribution in [3.8, 4) is 11.1 Å². The number of hydrogen-bond donors (Lipinski definition) is 1. The van der Waals surface area contributed by atoms with E-state index in [9.17, 15) is 22.8 Å². The van der Waals surface area contributed by atoms with Crippen molar-refractivity contribution >= 4 is 23.3 Å². The highest BCUT2D eigenvalue weighted by Gasteiger charge is 2.42. The molecule has 192 valence electrons. The number of benzene rings is 1. The highest BCUT2D eigenvalue weighted by molar-refractivity contribution is 6.04. The number of rotatable bonds is 4. The molecule has 1 aromatic carbocycles. The van der Waals surface area contributed by atoms with Crippen molar-refractivity contribution in [2.45, 2.75) is 32.4 Å². The lowest BCUT2D eigenvalue weighted by Crippen LogP contribution is -2.47. The van der Waals surface area contributed by atoms with Crippen LogP contribution in [0.5, 0.6) is 0 Å². The lowest BCUT2D eigenvalue weighted by molar-refractivity contribution is -0.141. The Balaban J connectivity index is 1.47. The first-order valence-corrected chi connectivity index (χ1v) is 11.9. The summed E-state index contributed by atoms with van der Waals surface area (Å²) in [5.74, 6) is -0.287. The molecule has 8 nitrogen and oxygen atoms in total. The Morgan fingerprint density at radius 3 is 2.76 bits per heavy atom. The van der Waals surface area contributed by atoms with Gasteiger partial charge in [-0.05, 0) is 61.2 Å². The van der Waals surface area contributed by atoms with Gasteiger partial charge in [0.2, 0.25) is 5.91 Å². The molecule has 2 amide bonds. The third kappa shape index (κ3) is 4.66. The van der Waals surface area contributed by atoms with Gasteiger partial charge in [0.25, 0.3) is 5.91 Å². The Labute approximate surface area is 210 Å². The molecule has 0 saturated carbocycles. The summed E-state index contributed by atoms with van der Waals surface area (Å²) in [6.45, 7) is 5.28. The highest BCUT2D eigenvalue weighted by atomic mass is 19.4. The summed E-state index contributed by atoms with van der Waals surface area (Å²) in [7, 11) is 0. The lowest BCUT2D eigenvalue weighted by atomic mass is 9.78. The van der Waals surface area contributed by atoms with Crippen LogP contribution in [0.25, 0.3) is 11.1 Å². The zero-order chi connectivity index (χ0) is 26.3. The maximum absolute atomic E-state index is 13.0. The van der Waals surface area contributed by atoms with E-state index in [1.807, 2.05) is 26.0 Å². The topological polar surface area (TPSA) is 97.3 Å². The smallest absolute Gasteiger partial charge is 0.381 e. The molecule has 0 spiro atoms. The monoisotopic (exact) mass is 511 g/mol. The van der Waals surface area contributed by atoms with E-state index >= 15 is 0 Å². The summed E-state index contributed by atoms with van der Waals surface area (Å²) >= 11 is 0. The highest BCUT2D eigenvalue weighted by Crippen LogP contribution is 2.44. The zero-order valence-electron chi connectivity index (χ0n) is 20.2. The third-order valence-corrected chi connectivity index (χ3v) is 6.82. The molecule has 0 aliphatic carbocycles. The molecule has 0 radical (unpaired) electrons. The summed E-state index contributed by atoms with van der Waals surface area (Å²) in [5, 5.41) is 9.00. The predicted octanol–water partition coefficient (Wildman–Crippen LogP) is 4.60. The lowest BCUT2D eigenvalue weighted by Gasteiger charge is -2.40. The Morgan fingerprint density at radius 2 is 2.00 bits per heavy atom. The maximum atomic E-state index is 13.0. The molecule has 5 rings (SSSR count). The zero-order valence-corrected chi connectivity index (χ0v) is 20.2. The molecule has 2 atom stereocenters. The largest absolute Gasteiger partial charge is 0.435 e. The second-order valence-corrected chi connectivity index (χ2v) is 9.11. The molecule has 2 aromatic heterocycles.